The van der Waals surface area contributed by atoms with Crippen molar-refractivity contribution in [2.45, 2.75) is 52.1 Å². The Bertz CT molecular complexity index is 467. The van der Waals surface area contributed by atoms with Crippen LogP contribution in [0.1, 0.15) is 45.4 Å². The molecule has 1 rings (SSSR count). The first-order valence-electron chi connectivity index (χ1n) is 6.80. The molecule has 0 spiro atoms. The van der Waals surface area contributed by atoms with Crippen LogP contribution in [0.5, 0.6) is 5.88 Å². The minimum absolute atomic E-state index is 0.0493. The molecule has 0 bridgehead atoms. The fraction of sp³-hybridized carbons (Fsp3) is 0.600. The molecule has 0 saturated carbocycles. The van der Waals surface area contributed by atoms with E-state index in [1.807, 2.05) is 19.1 Å². The lowest BCUT2D eigenvalue weighted by atomic mass is 9.91. The second-order valence-corrected chi connectivity index (χ2v) is 5.79. The first kappa shape index (κ1) is 16.4. The fourth-order valence-corrected chi connectivity index (χ4v) is 1.84. The summed E-state index contributed by atoms with van der Waals surface area (Å²) in [6.07, 6.45) is 0.533. The predicted molar refractivity (Wildman–Crippen MR) is 78.0 cm³/mol. The molecule has 1 aromatic rings. The molecule has 0 aliphatic heterocycles. The second-order valence-electron chi connectivity index (χ2n) is 5.79. The van der Waals surface area contributed by atoms with Crippen LogP contribution >= 0.6 is 0 Å². The van der Waals surface area contributed by atoms with Gasteiger partial charge < -0.3 is 15.2 Å². The highest BCUT2D eigenvalue weighted by atomic mass is 16.5. The van der Waals surface area contributed by atoms with Crippen molar-refractivity contribution in [2.24, 2.45) is 0 Å². The zero-order chi connectivity index (χ0) is 15.3. The summed E-state index contributed by atoms with van der Waals surface area (Å²) >= 11 is 0. The number of carboxylic acid groups (broad SMARTS) is 1. The van der Waals surface area contributed by atoms with E-state index in [-0.39, 0.29) is 5.41 Å². The second kappa shape index (κ2) is 6.70. The third-order valence-electron chi connectivity index (χ3n) is 3.15. The average molecular weight is 280 g/mol. The van der Waals surface area contributed by atoms with E-state index in [9.17, 15) is 4.79 Å². The number of hydrogen-bond acceptors (Lipinski definition) is 4. The van der Waals surface area contributed by atoms with E-state index in [2.05, 4.69) is 31.1 Å². The van der Waals surface area contributed by atoms with Crippen molar-refractivity contribution in [1.29, 1.82) is 0 Å². The summed E-state index contributed by atoms with van der Waals surface area (Å²) < 4.78 is 5.31. The van der Waals surface area contributed by atoms with E-state index >= 15 is 0 Å². The number of ether oxygens (including phenoxy) is 1. The molecule has 1 heterocycles. The van der Waals surface area contributed by atoms with Crippen LogP contribution in [-0.2, 0) is 16.8 Å². The van der Waals surface area contributed by atoms with Crippen molar-refractivity contribution in [2.75, 3.05) is 7.11 Å². The molecule has 0 aromatic carbocycles. The van der Waals surface area contributed by atoms with Crippen molar-refractivity contribution in [3.63, 3.8) is 0 Å². The number of hydrogen-bond donors (Lipinski definition) is 2. The molecule has 0 aliphatic rings. The maximum absolute atomic E-state index is 11.0. The Morgan fingerprint density at radius 2 is 2.10 bits per heavy atom. The number of methoxy groups -OCH3 is 1. The van der Waals surface area contributed by atoms with Gasteiger partial charge in [-0.2, -0.15) is 0 Å². The summed E-state index contributed by atoms with van der Waals surface area (Å²) in [5.41, 5.74) is 1.76. The number of rotatable bonds is 6. The van der Waals surface area contributed by atoms with Gasteiger partial charge in [-0.15, -0.1) is 0 Å². The molecule has 112 valence electrons. The highest BCUT2D eigenvalue weighted by Gasteiger charge is 2.19. The third-order valence-corrected chi connectivity index (χ3v) is 3.15. The molecule has 2 N–H and O–H groups in total. The number of nitrogens with zero attached hydrogens (tertiary/aromatic N) is 1. The van der Waals surface area contributed by atoms with Crippen molar-refractivity contribution >= 4 is 5.97 Å². The molecule has 0 saturated heterocycles. The predicted octanol–water partition coefficient (Wildman–Crippen LogP) is 2.34. The average Bonchev–Trinajstić information content (AvgIpc) is 2.37. The molecule has 5 nitrogen and oxygen atoms in total. The van der Waals surface area contributed by atoms with E-state index < -0.39 is 12.0 Å². The number of carbonyl (C=O) groups is 1. The number of carboxylic acids is 1. The van der Waals surface area contributed by atoms with Crippen LogP contribution < -0.4 is 10.1 Å². The van der Waals surface area contributed by atoms with Gasteiger partial charge in [0, 0.05) is 23.2 Å². The van der Waals surface area contributed by atoms with Gasteiger partial charge in [-0.3, -0.25) is 4.79 Å². The SMILES string of the molecule is CC[C@@H](NCc1ccc(C(C)(C)C)nc1OC)C(=O)O. The maximum atomic E-state index is 11.0. The number of nitrogens with one attached hydrogen (secondary N) is 1. The van der Waals surface area contributed by atoms with Crippen LogP contribution in [0.15, 0.2) is 12.1 Å². The first-order chi connectivity index (χ1) is 9.29. The largest absolute Gasteiger partial charge is 0.481 e. The smallest absolute Gasteiger partial charge is 0.320 e. The molecule has 0 aliphatic carbocycles. The highest BCUT2D eigenvalue weighted by Crippen LogP contribution is 2.24. The number of aliphatic carboxylic acids is 1. The summed E-state index contributed by atoms with van der Waals surface area (Å²) in [7, 11) is 1.58. The van der Waals surface area contributed by atoms with Gasteiger partial charge in [0.2, 0.25) is 5.88 Å². The lowest BCUT2D eigenvalue weighted by Crippen LogP contribution is -2.35. The third kappa shape index (κ3) is 4.20. The van der Waals surface area contributed by atoms with E-state index in [4.69, 9.17) is 9.84 Å². The standard InChI is InChI=1S/C15H24N2O3/c1-6-11(14(18)19)16-9-10-7-8-12(15(2,3)4)17-13(10)20-5/h7-8,11,16H,6,9H2,1-5H3,(H,18,19)/t11-/m1/s1. The Hall–Kier alpha value is -1.62. The quantitative estimate of drug-likeness (QED) is 0.837. The van der Waals surface area contributed by atoms with Crippen molar-refractivity contribution < 1.29 is 14.6 Å². The zero-order valence-corrected chi connectivity index (χ0v) is 12.9. The number of pyridine rings is 1. The normalized spacial score (nSPS) is 13.1. The summed E-state index contributed by atoms with van der Waals surface area (Å²) in [4.78, 5) is 15.5. The molecule has 5 heteroatoms. The molecule has 0 fully saturated rings. The molecule has 0 unspecified atom stereocenters. The lowest BCUT2D eigenvalue weighted by Gasteiger charge is -2.20. The Labute approximate surface area is 120 Å². The Balaban J connectivity index is 2.88. The Morgan fingerprint density at radius 1 is 1.45 bits per heavy atom. The van der Waals surface area contributed by atoms with Crippen LogP contribution in [0, 0.1) is 0 Å². The fourth-order valence-electron chi connectivity index (χ4n) is 1.84. The summed E-state index contributed by atoms with van der Waals surface area (Å²) in [5, 5.41) is 12.0. The number of aromatic nitrogens is 1. The van der Waals surface area contributed by atoms with Gasteiger partial charge in [0.05, 0.1) is 7.11 Å². The molecular weight excluding hydrogens is 256 g/mol. The van der Waals surface area contributed by atoms with Gasteiger partial charge in [0.15, 0.2) is 0 Å². The van der Waals surface area contributed by atoms with Gasteiger partial charge >= 0.3 is 5.97 Å². The molecule has 1 atom stereocenters. The van der Waals surface area contributed by atoms with Gasteiger partial charge in [0.1, 0.15) is 6.04 Å². The highest BCUT2D eigenvalue weighted by molar-refractivity contribution is 5.73. The lowest BCUT2D eigenvalue weighted by molar-refractivity contribution is -0.139. The van der Waals surface area contributed by atoms with Crippen LogP contribution in [0.2, 0.25) is 0 Å². The first-order valence-corrected chi connectivity index (χ1v) is 6.80. The minimum atomic E-state index is -0.842. The van der Waals surface area contributed by atoms with E-state index in [1.54, 1.807) is 7.11 Å². The molecule has 1 aromatic heterocycles. The van der Waals surface area contributed by atoms with Crippen LogP contribution in [0.3, 0.4) is 0 Å². The van der Waals surface area contributed by atoms with Gasteiger partial charge in [-0.05, 0) is 12.5 Å². The summed E-state index contributed by atoms with van der Waals surface area (Å²) in [5.74, 6) is -0.295. The van der Waals surface area contributed by atoms with Crippen molar-refractivity contribution in [3.8, 4) is 5.88 Å². The summed E-state index contributed by atoms with van der Waals surface area (Å²) in [6, 6.07) is 3.34. The van der Waals surface area contributed by atoms with Crippen molar-refractivity contribution in [3.05, 3.63) is 23.4 Å². The maximum Gasteiger partial charge on any atom is 0.320 e. The monoisotopic (exact) mass is 280 g/mol. The van der Waals surface area contributed by atoms with Gasteiger partial charge in [-0.25, -0.2) is 4.98 Å². The van der Waals surface area contributed by atoms with E-state index in [0.717, 1.165) is 11.3 Å². The molecule has 0 amide bonds. The Morgan fingerprint density at radius 3 is 2.55 bits per heavy atom. The van der Waals surface area contributed by atoms with E-state index in [0.29, 0.717) is 18.8 Å². The van der Waals surface area contributed by atoms with Crippen LogP contribution in [-0.4, -0.2) is 29.2 Å². The van der Waals surface area contributed by atoms with Gasteiger partial charge in [-0.1, -0.05) is 33.8 Å². The van der Waals surface area contributed by atoms with Crippen LogP contribution in [0.4, 0.5) is 0 Å². The molecule has 0 radical (unpaired) electrons. The van der Waals surface area contributed by atoms with Crippen LogP contribution in [0.25, 0.3) is 0 Å². The summed E-state index contributed by atoms with van der Waals surface area (Å²) in [6.45, 7) is 8.52. The topological polar surface area (TPSA) is 71.5 Å². The Kier molecular flexibility index (Phi) is 5.51. The van der Waals surface area contributed by atoms with Gasteiger partial charge in [0.25, 0.3) is 0 Å². The van der Waals surface area contributed by atoms with E-state index in [1.165, 1.54) is 0 Å². The minimum Gasteiger partial charge on any atom is -0.481 e. The van der Waals surface area contributed by atoms with Crippen molar-refractivity contribution in [1.82, 2.24) is 10.3 Å². The molecule has 20 heavy (non-hydrogen) atoms. The zero-order valence-electron chi connectivity index (χ0n) is 12.9. The molecular formula is C15H24N2O3.